The van der Waals surface area contributed by atoms with Crippen molar-refractivity contribution in [2.24, 2.45) is 0 Å². The maximum atomic E-state index is 12.0. The Kier molecular flexibility index (Phi) is 5.03. The lowest BCUT2D eigenvalue weighted by Gasteiger charge is -2.26. The largest absolute Gasteiger partial charge is 0.491 e. The lowest BCUT2D eigenvalue weighted by Crippen LogP contribution is -2.47. The molecule has 0 saturated heterocycles. The molecule has 0 saturated carbocycles. The molecule has 5 heteroatoms. The zero-order chi connectivity index (χ0) is 16.1. The Labute approximate surface area is 140 Å². The first-order valence-electron chi connectivity index (χ1n) is 7.70. The minimum atomic E-state index is -0.160. The van der Waals surface area contributed by atoms with Crippen molar-refractivity contribution in [3.63, 3.8) is 0 Å². The fourth-order valence-electron chi connectivity index (χ4n) is 2.63. The van der Waals surface area contributed by atoms with Crippen LogP contribution in [0.25, 0.3) is 0 Å². The fraction of sp³-hybridized carbons (Fsp3) is 0.278. The van der Waals surface area contributed by atoms with E-state index in [0.717, 1.165) is 34.7 Å². The van der Waals surface area contributed by atoms with E-state index in [0.29, 0.717) is 13.2 Å². The third kappa shape index (κ3) is 4.39. The van der Waals surface area contributed by atoms with Crippen LogP contribution >= 0.6 is 11.6 Å². The Bertz CT molecular complexity index is 673. The molecule has 120 valence electrons. The molecular formula is C18H19ClN2O2. The first-order chi connectivity index (χ1) is 11.2. The molecule has 0 unspecified atom stereocenters. The van der Waals surface area contributed by atoms with Crippen molar-refractivity contribution < 1.29 is 9.53 Å². The van der Waals surface area contributed by atoms with Gasteiger partial charge in [-0.15, -0.1) is 0 Å². The maximum Gasteiger partial charge on any atom is 0.315 e. The van der Waals surface area contributed by atoms with Crippen molar-refractivity contribution in [2.45, 2.75) is 18.9 Å². The lowest BCUT2D eigenvalue weighted by molar-refractivity contribution is 0.214. The van der Waals surface area contributed by atoms with Crippen LogP contribution in [0.1, 0.15) is 11.1 Å². The van der Waals surface area contributed by atoms with Crippen LogP contribution in [0.3, 0.4) is 0 Å². The summed E-state index contributed by atoms with van der Waals surface area (Å²) in [6.45, 7) is 1.08. The molecule has 0 radical (unpaired) electrons. The molecule has 1 aliphatic rings. The molecule has 2 aromatic rings. The van der Waals surface area contributed by atoms with Crippen LogP contribution in [0.5, 0.6) is 5.75 Å². The lowest BCUT2D eigenvalue weighted by atomic mass is 10.0. The number of urea groups is 1. The number of fused-ring (bicyclic) bond motifs is 1. The van der Waals surface area contributed by atoms with E-state index in [2.05, 4.69) is 10.6 Å². The highest BCUT2D eigenvalue weighted by Crippen LogP contribution is 2.23. The van der Waals surface area contributed by atoms with Gasteiger partial charge < -0.3 is 15.4 Å². The minimum Gasteiger partial charge on any atom is -0.491 e. The highest BCUT2D eigenvalue weighted by atomic mass is 35.5. The number of nitrogens with one attached hydrogen (secondary N) is 2. The van der Waals surface area contributed by atoms with E-state index in [1.165, 1.54) is 0 Å². The number of hydrogen-bond acceptors (Lipinski definition) is 2. The van der Waals surface area contributed by atoms with Gasteiger partial charge in [0.25, 0.3) is 0 Å². The molecule has 0 aliphatic carbocycles. The van der Waals surface area contributed by atoms with Gasteiger partial charge in [-0.25, -0.2) is 4.79 Å². The predicted molar refractivity (Wildman–Crippen MR) is 91.1 cm³/mol. The summed E-state index contributed by atoms with van der Waals surface area (Å²) >= 11 is 5.85. The summed E-state index contributed by atoms with van der Waals surface area (Å²) < 4.78 is 5.67. The average molecular weight is 331 g/mol. The van der Waals surface area contributed by atoms with Gasteiger partial charge in [0.2, 0.25) is 0 Å². The number of para-hydroxylation sites is 1. The van der Waals surface area contributed by atoms with E-state index in [4.69, 9.17) is 16.3 Å². The minimum absolute atomic E-state index is 0.000400. The first-order valence-corrected chi connectivity index (χ1v) is 8.08. The van der Waals surface area contributed by atoms with Gasteiger partial charge in [0.1, 0.15) is 12.4 Å². The molecule has 1 atom stereocenters. The van der Waals surface area contributed by atoms with E-state index < -0.39 is 0 Å². The molecule has 1 aliphatic heterocycles. The fourth-order valence-corrected chi connectivity index (χ4v) is 2.75. The van der Waals surface area contributed by atoms with E-state index in [-0.39, 0.29) is 12.1 Å². The van der Waals surface area contributed by atoms with E-state index in [1.807, 2.05) is 48.5 Å². The maximum absolute atomic E-state index is 12.0. The smallest absolute Gasteiger partial charge is 0.315 e. The summed E-state index contributed by atoms with van der Waals surface area (Å²) in [5.41, 5.74) is 2.27. The SMILES string of the molecule is O=C(NCCc1ccc(Cl)cc1)N[C@@H]1COc2ccccc2C1. The quantitative estimate of drug-likeness (QED) is 0.904. The molecule has 23 heavy (non-hydrogen) atoms. The highest BCUT2D eigenvalue weighted by molar-refractivity contribution is 6.30. The molecule has 3 rings (SSSR count). The van der Waals surface area contributed by atoms with Crippen molar-refractivity contribution >= 4 is 17.6 Å². The van der Waals surface area contributed by atoms with Gasteiger partial charge in [-0.3, -0.25) is 0 Å². The molecule has 1 heterocycles. The number of rotatable bonds is 4. The van der Waals surface area contributed by atoms with Gasteiger partial charge in [-0.2, -0.15) is 0 Å². The van der Waals surface area contributed by atoms with Crippen LogP contribution in [-0.4, -0.2) is 25.2 Å². The van der Waals surface area contributed by atoms with Gasteiger partial charge in [0, 0.05) is 11.6 Å². The van der Waals surface area contributed by atoms with Crippen molar-refractivity contribution in [2.75, 3.05) is 13.2 Å². The second kappa shape index (κ2) is 7.38. The second-order valence-corrected chi connectivity index (χ2v) is 6.03. The van der Waals surface area contributed by atoms with Crippen LogP contribution in [0, 0.1) is 0 Å². The van der Waals surface area contributed by atoms with Crippen molar-refractivity contribution in [3.8, 4) is 5.75 Å². The van der Waals surface area contributed by atoms with Crippen LogP contribution in [0.15, 0.2) is 48.5 Å². The first kappa shape index (κ1) is 15.7. The molecule has 0 spiro atoms. The van der Waals surface area contributed by atoms with E-state index in [9.17, 15) is 4.79 Å². The number of amides is 2. The Morgan fingerprint density at radius 2 is 1.96 bits per heavy atom. The van der Waals surface area contributed by atoms with E-state index in [1.54, 1.807) is 0 Å². The topological polar surface area (TPSA) is 50.4 Å². The van der Waals surface area contributed by atoms with Crippen LogP contribution in [0.2, 0.25) is 5.02 Å². The normalized spacial score (nSPS) is 16.1. The standard InChI is InChI=1S/C18H19ClN2O2/c19-15-7-5-13(6-8-15)9-10-20-18(22)21-16-11-14-3-1-2-4-17(14)23-12-16/h1-8,16H,9-12H2,(H2,20,21,22)/t16-/m0/s1. The number of ether oxygens (including phenoxy) is 1. The summed E-state index contributed by atoms with van der Waals surface area (Å²) in [7, 11) is 0. The summed E-state index contributed by atoms with van der Waals surface area (Å²) in [6, 6.07) is 15.4. The zero-order valence-electron chi connectivity index (χ0n) is 12.7. The molecule has 2 aromatic carbocycles. The molecular weight excluding hydrogens is 312 g/mol. The third-order valence-electron chi connectivity index (χ3n) is 3.83. The van der Waals surface area contributed by atoms with E-state index >= 15 is 0 Å². The number of hydrogen-bond donors (Lipinski definition) is 2. The molecule has 0 bridgehead atoms. The van der Waals surface area contributed by atoms with Crippen LogP contribution in [-0.2, 0) is 12.8 Å². The molecule has 2 N–H and O–H groups in total. The van der Waals surface area contributed by atoms with Gasteiger partial charge in [-0.05, 0) is 42.2 Å². The monoisotopic (exact) mass is 330 g/mol. The summed E-state index contributed by atoms with van der Waals surface area (Å²) in [6.07, 6.45) is 1.56. The Balaban J connectivity index is 1.42. The third-order valence-corrected chi connectivity index (χ3v) is 4.08. The summed E-state index contributed by atoms with van der Waals surface area (Å²) in [5, 5.41) is 6.56. The van der Waals surface area contributed by atoms with Gasteiger partial charge >= 0.3 is 6.03 Å². The Morgan fingerprint density at radius 1 is 1.17 bits per heavy atom. The molecule has 2 amide bonds. The second-order valence-electron chi connectivity index (χ2n) is 5.60. The van der Waals surface area contributed by atoms with Crippen LogP contribution < -0.4 is 15.4 Å². The van der Waals surface area contributed by atoms with Crippen LogP contribution in [0.4, 0.5) is 4.79 Å². The van der Waals surface area contributed by atoms with Crippen molar-refractivity contribution in [1.29, 1.82) is 0 Å². The van der Waals surface area contributed by atoms with Gasteiger partial charge in [0.05, 0.1) is 6.04 Å². The zero-order valence-corrected chi connectivity index (χ0v) is 13.5. The molecule has 4 nitrogen and oxygen atoms in total. The molecule has 0 aromatic heterocycles. The number of carbonyl (C=O) groups excluding carboxylic acids is 1. The summed E-state index contributed by atoms with van der Waals surface area (Å²) in [4.78, 5) is 12.0. The average Bonchev–Trinajstić information content (AvgIpc) is 2.56. The van der Waals surface area contributed by atoms with Crippen molar-refractivity contribution in [3.05, 3.63) is 64.7 Å². The van der Waals surface area contributed by atoms with Gasteiger partial charge in [-0.1, -0.05) is 41.9 Å². The molecule has 0 fully saturated rings. The number of halogens is 1. The highest BCUT2D eigenvalue weighted by Gasteiger charge is 2.20. The predicted octanol–water partition coefficient (Wildman–Crippen LogP) is 3.19. The summed E-state index contributed by atoms with van der Waals surface area (Å²) in [5.74, 6) is 0.911. The van der Waals surface area contributed by atoms with Crippen molar-refractivity contribution in [1.82, 2.24) is 10.6 Å². The Morgan fingerprint density at radius 3 is 2.78 bits per heavy atom. The number of carbonyl (C=O) groups is 1. The van der Waals surface area contributed by atoms with Gasteiger partial charge in [0.15, 0.2) is 0 Å². The Hall–Kier alpha value is -2.20. The number of benzene rings is 2.